The SMILES string of the molecule is Cc1cc[nH]c1C(=O)NC[C@@H]1CCCN(C2CC2)[C@H]1c1ccnn1C. The summed E-state index contributed by atoms with van der Waals surface area (Å²) < 4.78 is 2.00. The summed E-state index contributed by atoms with van der Waals surface area (Å²) >= 11 is 0. The van der Waals surface area contributed by atoms with E-state index in [1.165, 1.54) is 25.0 Å². The van der Waals surface area contributed by atoms with Crippen LogP contribution in [0.1, 0.15) is 53.5 Å². The number of likely N-dealkylation sites (tertiary alicyclic amines) is 1. The van der Waals surface area contributed by atoms with Gasteiger partial charge in [-0.15, -0.1) is 0 Å². The molecule has 4 rings (SSSR count). The summed E-state index contributed by atoms with van der Waals surface area (Å²) in [4.78, 5) is 18.2. The third-order valence-corrected chi connectivity index (χ3v) is 5.68. The topological polar surface area (TPSA) is 66.0 Å². The van der Waals surface area contributed by atoms with Gasteiger partial charge in [-0.3, -0.25) is 14.4 Å². The fourth-order valence-corrected chi connectivity index (χ4v) is 4.22. The minimum Gasteiger partial charge on any atom is -0.357 e. The van der Waals surface area contributed by atoms with Gasteiger partial charge in [0, 0.05) is 32.0 Å². The predicted molar refractivity (Wildman–Crippen MR) is 96.3 cm³/mol. The van der Waals surface area contributed by atoms with Gasteiger partial charge >= 0.3 is 0 Å². The second-order valence-electron chi connectivity index (χ2n) is 7.44. The van der Waals surface area contributed by atoms with Gasteiger partial charge in [-0.05, 0) is 62.8 Å². The van der Waals surface area contributed by atoms with Crippen LogP contribution in [0.2, 0.25) is 0 Å². The quantitative estimate of drug-likeness (QED) is 0.878. The van der Waals surface area contributed by atoms with Gasteiger partial charge in [-0.25, -0.2) is 0 Å². The predicted octanol–water partition coefficient (Wildman–Crippen LogP) is 2.40. The van der Waals surface area contributed by atoms with Crippen LogP contribution in [-0.2, 0) is 7.05 Å². The van der Waals surface area contributed by atoms with Gasteiger partial charge in [-0.2, -0.15) is 5.10 Å². The summed E-state index contributed by atoms with van der Waals surface area (Å²) in [5.41, 5.74) is 2.93. The van der Waals surface area contributed by atoms with Gasteiger partial charge in [0.2, 0.25) is 0 Å². The minimum atomic E-state index is -0.00481. The van der Waals surface area contributed by atoms with Crippen molar-refractivity contribution in [3.8, 4) is 0 Å². The van der Waals surface area contributed by atoms with Crippen LogP contribution in [0.3, 0.4) is 0 Å². The minimum absolute atomic E-state index is 0.00481. The van der Waals surface area contributed by atoms with Gasteiger partial charge < -0.3 is 10.3 Å². The van der Waals surface area contributed by atoms with E-state index in [0.29, 0.717) is 30.2 Å². The Morgan fingerprint density at radius 3 is 2.84 bits per heavy atom. The highest BCUT2D eigenvalue weighted by atomic mass is 16.1. The van der Waals surface area contributed by atoms with Crippen molar-refractivity contribution in [3.63, 3.8) is 0 Å². The lowest BCUT2D eigenvalue weighted by Gasteiger charge is -2.41. The maximum Gasteiger partial charge on any atom is 0.267 e. The van der Waals surface area contributed by atoms with E-state index in [9.17, 15) is 4.79 Å². The largest absolute Gasteiger partial charge is 0.357 e. The Kier molecular flexibility index (Phi) is 4.37. The number of carbonyl (C=O) groups is 1. The summed E-state index contributed by atoms with van der Waals surface area (Å²) in [7, 11) is 2.02. The van der Waals surface area contributed by atoms with Gasteiger partial charge in [-0.1, -0.05) is 0 Å². The van der Waals surface area contributed by atoms with Crippen LogP contribution in [0, 0.1) is 12.8 Å². The van der Waals surface area contributed by atoms with Gasteiger partial charge in [0.25, 0.3) is 5.91 Å². The monoisotopic (exact) mass is 341 g/mol. The molecular weight excluding hydrogens is 314 g/mol. The maximum absolute atomic E-state index is 12.5. The molecule has 2 atom stereocenters. The van der Waals surface area contributed by atoms with E-state index in [1.54, 1.807) is 0 Å². The molecule has 0 radical (unpaired) electrons. The number of aromatic nitrogens is 3. The van der Waals surface area contributed by atoms with Crippen LogP contribution < -0.4 is 5.32 Å². The van der Waals surface area contributed by atoms with Crippen LogP contribution >= 0.6 is 0 Å². The summed E-state index contributed by atoms with van der Waals surface area (Å²) in [6, 6.07) is 5.13. The van der Waals surface area contributed by atoms with Gasteiger partial charge in [0.1, 0.15) is 5.69 Å². The van der Waals surface area contributed by atoms with E-state index in [2.05, 4.69) is 26.4 Å². The highest BCUT2D eigenvalue weighted by molar-refractivity contribution is 5.93. The molecule has 1 amide bonds. The molecule has 0 spiro atoms. The molecule has 2 fully saturated rings. The van der Waals surface area contributed by atoms with E-state index < -0.39 is 0 Å². The first kappa shape index (κ1) is 16.4. The lowest BCUT2D eigenvalue weighted by Crippen LogP contribution is -2.45. The number of piperidine rings is 1. The van der Waals surface area contributed by atoms with Crippen LogP contribution in [0.5, 0.6) is 0 Å². The molecule has 1 saturated heterocycles. The highest BCUT2D eigenvalue weighted by Crippen LogP contribution is 2.42. The smallest absolute Gasteiger partial charge is 0.267 e. The maximum atomic E-state index is 12.5. The number of rotatable bonds is 5. The number of aryl methyl sites for hydroxylation is 2. The first-order valence-corrected chi connectivity index (χ1v) is 9.31. The average Bonchev–Trinajstić information content (AvgIpc) is 3.24. The molecule has 0 aromatic carbocycles. The second kappa shape index (κ2) is 6.67. The Morgan fingerprint density at radius 2 is 2.20 bits per heavy atom. The van der Waals surface area contributed by atoms with Crippen molar-refractivity contribution >= 4 is 5.91 Å². The van der Waals surface area contributed by atoms with Crippen LogP contribution in [0.4, 0.5) is 0 Å². The fraction of sp³-hybridized carbons (Fsp3) is 0.579. The summed E-state index contributed by atoms with van der Waals surface area (Å²) in [5.74, 6) is 0.416. The Labute approximate surface area is 148 Å². The first-order valence-electron chi connectivity index (χ1n) is 9.31. The van der Waals surface area contributed by atoms with E-state index in [1.807, 2.05) is 37.1 Å². The van der Waals surface area contributed by atoms with Crippen molar-refractivity contribution in [2.45, 2.75) is 44.7 Å². The lowest BCUT2D eigenvalue weighted by molar-refractivity contribution is 0.0725. The molecule has 2 N–H and O–H groups in total. The van der Waals surface area contributed by atoms with Gasteiger partial charge in [0.05, 0.1) is 11.7 Å². The molecule has 25 heavy (non-hydrogen) atoms. The van der Waals surface area contributed by atoms with E-state index in [4.69, 9.17) is 0 Å². The van der Waals surface area contributed by atoms with E-state index in [-0.39, 0.29) is 5.91 Å². The van der Waals surface area contributed by atoms with Crippen molar-refractivity contribution < 1.29 is 4.79 Å². The standard InChI is InChI=1S/C19H27N5O/c1-13-7-9-20-17(13)19(25)21-12-14-4-3-11-24(15-5-6-15)18(14)16-8-10-22-23(16)2/h7-10,14-15,18,20H,3-6,11-12H2,1-2H3,(H,21,25)/t14-,18+/m0/s1. The molecular formula is C19H27N5O. The number of nitrogens with zero attached hydrogens (tertiary/aromatic N) is 3. The Morgan fingerprint density at radius 1 is 1.36 bits per heavy atom. The molecule has 0 unspecified atom stereocenters. The third-order valence-electron chi connectivity index (χ3n) is 5.68. The Hall–Kier alpha value is -2.08. The number of hydrogen-bond donors (Lipinski definition) is 2. The van der Waals surface area contributed by atoms with Crippen LogP contribution in [0.25, 0.3) is 0 Å². The molecule has 1 saturated carbocycles. The van der Waals surface area contributed by atoms with Crippen molar-refractivity contribution in [1.29, 1.82) is 0 Å². The van der Waals surface area contributed by atoms with E-state index >= 15 is 0 Å². The molecule has 2 aliphatic rings. The first-order chi connectivity index (χ1) is 12.1. The number of hydrogen-bond acceptors (Lipinski definition) is 3. The molecule has 6 heteroatoms. The number of amides is 1. The molecule has 3 heterocycles. The number of carbonyl (C=O) groups excluding carboxylic acids is 1. The zero-order valence-corrected chi connectivity index (χ0v) is 15.0. The van der Waals surface area contributed by atoms with Crippen molar-refractivity contribution in [3.05, 3.63) is 41.5 Å². The van der Waals surface area contributed by atoms with E-state index in [0.717, 1.165) is 18.5 Å². The zero-order chi connectivity index (χ0) is 17.4. The summed E-state index contributed by atoms with van der Waals surface area (Å²) in [6.07, 6.45) is 8.64. The lowest BCUT2D eigenvalue weighted by atomic mass is 9.86. The molecule has 1 aliphatic heterocycles. The normalized spacial score (nSPS) is 24.4. The molecule has 2 aromatic heterocycles. The molecule has 134 valence electrons. The Balaban J connectivity index is 1.51. The molecule has 6 nitrogen and oxygen atoms in total. The fourth-order valence-electron chi connectivity index (χ4n) is 4.22. The number of aromatic amines is 1. The molecule has 2 aromatic rings. The summed E-state index contributed by atoms with van der Waals surface area (Å²) in [6.45, 7) is 3.82. The third kappa shape index (κ3) is 3.23. The van der Waals surface area contributed by atoms with Gasteiger partial charge in [0.15, 0.2) is 0 Å². The molecule has 0 bridgehead atoms. The zero-order valence-electron chi connectivity index (χ0n) is 15.0. The van der Waals surface area contributed by atoms with Crippen molar-refractivity contribution in [1.82, 2.24) is 25.0 Å². The second-order valence-corrected chi connectivity index (χ2v) is 7.44. The number of H-pyrrole nitrogens is 1. The highest BCUT2D eigenvalue weighted by Gasteiger charge is 2.41. The van der Waals surface area contributed by atoms with Crippen molar-refractivity contribution in [2.75, 3.05) is 13.1 Å². The molecule has 1 aliphatic carbocycles. The van der Waals surface area contributed by atoms with Crippen molar-refractivity contribution in [2.24, 2.45) is 13.0 Å². The van der Waals surface area contributed by atoms with Crippen LogP contribution in [0.15, 0.2) is 24.5 Å². The number of nitrogens with one attached hydrogen (secondary N) is 2. The Bertz CT molecular complexity index is 745. The van der Waals surface area contributed by atoms with Crippen LogP contribution in [-0.4, -0.2) is 44.7 Å². The average molecular weight is 341 g/mol. The summed E-state index contributed by atoms with van der Waals surface area (Å²) in [5, 5.41) is 7.55.